The molecule has 19 heavy (non-hydrogen) atoms. The van der Waals surface area contributed by atoms with Gasteiger partial charge in [0.2, 0.25) is 0 Å². The van der Waals surface area contributed by atoms with Crippen molar-refractivity contribution in [2.75, 3.05) is 26.8 Å². The van der Waals surface area contributed by atoms with E-state index in [9.17, 15) is 4.79 Å². The monoisotopic (exact) mass is 283 g/mol. The van der Waals surface area contributed by atoms with Crippen LogP contribution in [0.3, 0.4) is 0 Å². The normalized spacial score (nSPS) is 18.9. The highest BCUT2D eigenvalue weighted by atomic mass is 32.1. The zero-order chi connectivity index (χ0) is 13.5. The number of hydrogen-bond donors (Lipinski definition) is 0. The summed E-state index contributed by atoms with van der Waals surface area (Å²) in [6, 6.07) is 4.19. The molecule has 1 aliphatic heterocycles. The Morgan fingerprint density at radius 1 is 1.63 bits per heavy atom. The van der Waals surface area contributed by atoms with Gasteiger partial charge in [-0.3, -0.25) is 9.69 Å². The molecule has 2 heterocycles. The number of carbonyl (C=O) groups is 1. The molecule has 0 amide bonds. The first-order valence-electron chi connectivity index (χ1n) is 6.71. The SMILES string of the molecule is COC(=O)CCN(Cc1cccs1)CC1CCCO1. The molecule has 0 aromatic carbocycles. The van der Waals surface area contributed by atoms with Gasteiger partial charge in [-0.1, -0.05) is 6.07 Å². The molecule has 2 rings (SSSR count). The summed E-state index contributed by atoms with van der Waals surface area (Å²) in [5.41, 5.74) is 0. The molecule has 0 bridgehead atoms. The zero-order valence-electron chi connectivity index (χ0n) is 11.3. The molecule has 5 heteroatoms. The van der Waals surface area contributed by atoms with Crippen molar-refractivity contribution in [2.24, 2.45) is 0 Å². The molecule has 106 valence electrons. The van der Waals surface area contributed by atoms with E-state index in [1.54, 1.807) is 11.3 Å². The highest BCUT2D eigenvalue weighted by Gasteiger charge is 2.20. The lowest BCUT2D eigenvalue weighted by Gasteiger charge is -2.24. The van der Waals surface area contributed by atoms with Gasteiger partial charge in [-0.15, -0.1) is 11.3 Å². The molecule has 0 N–H and O–H groups in total. The fourth-order valence-corrected chi connectivity index (χ4v) is 3.03. The lowest BCUT2D eigenvalue weighted by molar-refractivity contribution is -0.141. The number of ether oxygens (including phenoxy) is 2. The van der Waals surface area contributed by atoms with Crippen molar-refractivity contribution in [3.05, 3.63) is 22.4 Å². The van der Waals surface area contributed by atoms with Gasteiger partial charge in [-0.25, -0.2) is 0 Å². The summed E-state index contributed by atoms with van der Waals surface area (Å²) in [5, 5.41) is 2.08. The molecular weight excluding hydrogens is 262 g/mol. The maximum Gasteiger partial charge on any atom is 0.306 e. The quantitative estimate of drug-likeness (QED) is 0.720. The second-order valence-corrected chi connectivity index (χ2v) is 5.81. The van der Waals surface area contributed by atoms with Crippen molar-refractivity contribution in [2.45, 2.75) is 31.9 Å². The Kier molecular flexibility index (Phi) is 5.82. The predicted molar refractivity (Wildman–Crippen MR) is 75.2 cm³/mol. The number of nitrogens with zero attached hydrogens (tertiary/aromatic N) is 1. The van der Waals surface area contributed by atoms with Crippen LogP contribution in [0.25, 0.3) is 0 Å². The fourth-order valence-electron chi connectivity index (χ4n) is 2.29. The Morgan fingerprint density at radius 2 is 2.53 bits per heavy atom. The van der Waals surface area contributed by atoms with Gasteiger partial charge in [0, 0.05) is 31.1 Å². The molecule has 1 aromatic rings. The topological polar surface area (TPSA) is 38.8 Å². The van der Waals surface area contributed by atoms with Crippen LogP contribution in [-0.4, -0.2) is 43.8 Å². The minimum atomic E-state index is -0.150. The van der Waals surface area contributed by atoms with E-state index >= 15 is 0 Å². The summed E-state index contributed by atoms with van der Waals surface area (Å²) in [6.07, 6.45) is 3.03. The van der Waals surface area contributed by atoms with Gasteiger partial charge in [0.05, 0.1) is 19.6 Å². The Bertz CT molecular complexity index is 374. The maximum absolute atomic E-state index is 11.3. The first kappa shape index (κ1) is 14.5. The van der Waals surface area contributed by atoms with Crippen LogP contribution in [0, 0.1) is 0 Å². The van der Waals surface area contributed by atoms with Gasteiger partial charge in [0.15, 0.2) is 0 Å². The molecule has 0 aliphatic carbocycles. The van der Waals surface area contributed by atoms with Crippen molar-refractivity contribution < 1.29 is 14.3 Å². The van der Waals surface area contributed by atoms with Gasteiger partial charge in [0.1, 0.15) is 0 Å². The van der Waals surface area contributed by atoms with Crippen molar-refractivity contribution in [3.8, 4) is 0 Å². The first-order chi connectivity index (χ1) is 9.28. The third-order valence-electron chi connectivity index (χ3n) is 3.31. The molecule has 0 radical (unpaired) electrons. The minimum Gasteiger partial charge on any atom is -0.469 e. The highest BCUT2D eigenvalue weighted by Crippen LogP contribution is 2.17. The smallest absolute Gasteiger partial charge is 0.306 e. The molecule has 1 aromatic heterocycles. The molecule has 0 saturated carbocycles. The first-order valence-corrected chi connectivity index (χ1v) is 7.59. The van der Waals surface area contributed by atoms with Crippen LogP contribution in [-0.2, 0) is 20.8 Å². The zero-order valence-corrected chi connectivity index (χ0v) is 12.2. The lowest BCUT2D eigenvalue weighted by atomic mass is 10.2. The summed E-state index contributed by atoms with van der Waals surface area (Å²) in [7, 11) is 1.44. The van der Waals surface area contributed by atoms with Crippen LogP contribution in [0.5, 0.6) is 0 Å². The van der Waals surface area contributed by atoms with E-state index in [1.165, 1.54) is 12.0 Å². The Hall–Kier alpha value is -0.910. The average Bonchev–Trinajstić information content (AvgIpc) is 3.08. The van der Waals surface area contributed by atoms with Crippen molar-refractivity contribution >= 4 is 17.3 Å². The van der Waals surface area contributed by atoms with E-state index in [2.05, 4.69) is 22.4 Å². The second kappa shape index (κ2) is 7.62. The summed E-state index contributed by atoms with van der Waals surface area (Å²) < 4.78 is 10.4. The molecule has 1 atom stereocenters. The molecule has 1 unspecified atom stereocenters. The van der Waals surface area contributed by atoms with Crippen LogP contribution in [0.4, 0.5) is 0 Å². The van der Waals surface area contributed by atoms with Crippen LogP contribution < -0.4 is 0 Å². The van der Waals surface area contributed by atoms with Crippen molar-refractivity contribution in [1.29, 1.82) is 0 Å². The largest absolute Gasteiger partial charge is 0.469 e. The number of rotatable bonds is 7. The van der Waals surface area contributed by atoms with Gasteiger partial charge in [-0.05, 0) is 24.3 Å². The number of hydrogen-bond acceptors (Lipinski definition) is 5. The van der Waals surface area contributed by atoms with E-state index in [-0.39, 0.29) is 5.97 Å². The van der Waals surface area contributed by atoms with Gasteiger partial charge >= 0.3 is 5.97 Å². The standard InChI is InChI=1S/C14H21NO3S/c1-17-14(16)6-7-15(10-12-4-2-8-18-12)11-13-5-3-9-19-13/h3,5,9,12H,2,4,6-8,10-11H2,1H3. The molecule has 0 spiro atoms. The minimum absolute atomic E-state index is 0.150. The van der Waals surface area contributed by atoms with E-state index in [0.717, 1.165) is 39.1 Å². The summed E-state index contributed by atoms with van der Waals surface area (Å²) in [6.45, 7) is 3.38. The third-order valence-corrected chi connectivity index (χ3v) is 4.17. The molecule has 1 fully saturated rings. The van der Waals surface area contributed by atoms with Gasteiger partial charge in [0.25, 0.3) is 0 Å². The van der Waals surface area contributed by atoms with E-state index in [1.807, 2.05) is 0 Å². The van der Waals surface area contributed by atoms with Crippen molar-refractivity contribution in [3.63, 3.8) is 0 Å². The summed E-state index contributed by atoms with van der Waals surface area (Å²) in [5.74, 6) is -0.150. The van der Waals surface area contributed by atoms with Crippen LogP contribution >= 0.6 is 11.3 Å². The summed E-state index contributed by atoms with van der Waals surface area (Å²) in [4.78, 5) is 14.9. The van der Waals surface area contributed by atoms with Gasteiger partial charge < -0.3 is 9.47 Å². The third kappa shape index (κ3) is 4.93. The molecule has 1 saturated heterocycles. The Labute approximate surface area is 118 Å². The number of methoxy groups -OCH3 is 1. The van der Waals surface area contributed by atoms with E-state index in [0.29, 0.717) is 12.5 Å². The Morgan fingerprint density at radius 3 is 3.16 bits per heavy atom. The lowest BCUT2D eigenvalue weighted by Crippen LogP contribution is -2.33. The average molecular weight is 283 g/mol. The maximum atomic E-state index is 11.3. The fraction of sp³-hybridized carbons (Fsp3) is 0.643. The van der Waals surface area contributed by atoms with Crippen molar-refractivity contribution in [1.82, 2.24) is 4.90 Å². The van der Waals surface area contributed by atoms with Crippen LogP contribution in [0.15, 0.2) is 17.5 Å². The van der Waals surface area contributed by atoms with E-state index < -0.39 is 0 Å². The number of thiophene rings is 1. The Balaban J connectivity index is 1.85. The molecular formula is C14H21NO3S. The predicted octanol–water partition coefficient (Wildman–Crippen LogP) is 2.29. The molecule has 1 aliphatic rings. The second-order valence-electron chi connectivity index (χ2n) is 4.78. The highest BCUT2D eigenvalue weighted by molar-refractivity contribution is 7.09. The summed E-state index contributed by atoms with van der Waals surface area (Å²) >= 11 is 1.75. The number of esters is 1. The van der Waals surface area contributed by atoms with Crippen LogP contribution in [0.1, 0.15) is 24.1 Å². The number of carbonyl (C=O) groups excluding carboxylic acids is 1. The molecule has 4 nitrogen and oxygen atoms in total. The van der Waals surface area contributed by atoms with E-state index in [4.69, 9.17) is 9.47 Å². The van der Waals surface area contributed by atoms with Crippen LogP contribution in [0.2, 0.25) is 0 Å². The van der Waals surface area contributed by atoms with Gasteiger partial charge in [-0.2, -0.15) is 0 Å².